The summed E-state index contributed by atoms with van der Waals surface area (Å²) in [6.45, 7) is 1.89. The van der Waals surface area contributed by atoms with Crippen molar-refractivity contribution in [1.29, 1.82) is 0 Å². The molecule has 1 amide bonds. The van der Waals surface area contributed by atoms with Crippen molar-refractivity contribution in [2.45, 2.75) is 13.0 Å². The number of amides is 1. The first kappa shape index (κ1) is 6.95. The van der Waals surface area contributed by atoms with E-state index in [1.165, 1.54) is 0 Å². The van der Waals surface area contributed by atoms with Gasteiger partial charge in [-0.1, -0.05) is 15.9 Å². The predicted molar refractivity (Wildman–Crippen MR) is 32.1 cm³/mol. The van der Waals surface area contributed by atoms with E-state index in [2.05, 4.69) is 21.2 Å². The quantitative estimate of drug-likeness (QED) is 0.476. The normalized spacial score (nSPS) is 12.9. The van der Waals surface area contributed by atoms with E-state index in [0.29, 0.717) is 0 Å². The summed E-state index contributed by atoms with van der Waals surface area (Å²) in [6.07, 6.45) is 1.59. The number of halogens is 1. The van der Waals surface area contributed by atoms with E-state index >= 15 is 0 Å². The Morgan fingerprint density at radius 2 is 2.57 bits per heavy atom. The van der Waals surface area contributed by atoms with E-state index in [0.717, 1.165) is 5.33 Å². The summed E-state index contributed by atoms with van der Waals surface area (Å²) in [6, 6.07) is 0.192. The van der Waals surface area contributed by atoms with Crippen molar-refractivity contribution in [3.8, 4) is 0 Å². The van der Waals surface area contributed by atoms with Crippen LogP contribution >= 0.6 is 15.9 Å². The summed E-state index contributed by atoms with van der Waals surface area (Å²) >= 11 is 3.17. The van der Waals surface area contributed by atoms with E-state index in [9.17, 15) is 4.79 Å². The lowest BCUT2D eigenvalue weighted by Gasteiger charge is -2.00. The molecular formula is C4H7BrNO. The molecular weight excluding hydrogens is 158 g/mol. The maximum atomic E-state index is 9.52. The van der Waals surface area contributed by atoms with Crippen LogP contribution in [0.5, 0.6) is 0 Å². The van der Waals surface area contributed by atoms with E-state index in [1.807, 2.05) is 6.92 Å². The van der Waals surface area contributed by atoms with Crippen LogP contribution in [0.1, 0.15) is 6.92 Å². The molecule has 2 nitrogen and oxygen atoms in total. The average Bonchev–Trinajstić information content (AvgIpc) is 1.68. The molecule has 0 saturated carbocycles. The molecule has 7 heavy (non-hydrogen) atoms. The van der Waals surface area contributed by atoms with Gasteiger partial charge in [-0.3, -0.25) is 4.79 Å². The van der Waals surface area contributed by atoms with Crippen LogP contribution in [-0.4, -0.2) is 17.8 Å². The van der Waals surface area contributed by atoms with Crippen LogP contribution in [-0.2, 0) is 4.79 Å². The summed E-state index contributed by atoms with van der Waals surface area (Å²) < 4.78 is 0. The molecule has 1 radical (unpaired) electrons. The van der Waals surface area contributed by atoms with Gasteiger partial charge in [0.1, 0.15) is 0 Å². The largest absolute Gasteiger partial charge is 0.345 e. The molecule has 0 aromatic rings. The minimum Gasteiger partial charge on any atom is -0.345 e. The van der Waals surface area contributed by atoms with Gasteiger partial charge in [-0.15, -0.1) is 0 Å². The first-order chi connectivity index (χ1) is 3.31. The molecule has 41 valence electrons. The van der Waals surface area contributed by atoms with Crippen molar-refractivity contribution in [1.82, 2.24) is 5.32 Å². The number of hydrogen-bond acceptors (Lipinski definition) is 1. The number of hydrogen-bond donors (Lipinski definition) is 1. The van der Waals surface area contributed by atoms with Crippen molar-refractivity contribution in [3.05, 3.63) is 0 Å². The molecule has 0 aromatic heterocycles. The second-order valence-corrected chi connectivity index (χ2v) is 1.95. The average molecular weight is 165 g/mol. The standard InChI is InChI=1S/C4H7BrNO/c1-4(2-5)6-3-7/h4H,2H2,1H3,(H,6,7). The highest BCUT2D eigenvalue weighted by molar-refractivity contribution is 9.09. The molecule has 0 bridgehead atoms. The smallest absolute Gasteiger partial charge is 0.309 e. The topological polar surface area (TPSA) is 29.1 Å². The first-order valence-corrected chi connectivity index (χ1v) is 3.12. The van der Waals surface area contributed by atoms with Crippen molar-refractivity contribution in [3.63, 3.8) is 0 Å². The zero-order valence-electron chi connectivity index (χ0n) is 4.07. The molecule has 1 unspecified atom stereocenters. The third-order valence-corrected chi connectivity index (χ3v) is 1.51. The zero-order valence-corrected chi connectivity index (χ0v) is 5.66. The monoisotopic (exact) mass is 164 g/mol. The summed E-state index contributed by atoms with van der Waals surface area (Å²) in [5.74, 6) is 0. The summed E-state index contributed by atoms with van der Waals surface area (Å²) in [5.41, 5.74) is 0. The number of carbonyl (C=O) groups excluding carboxylic acids is 1. The fourth-order valence-corrected chi connectivity index (χ4v) is 0.301. The molecule has 1 N–H and O–H groups in total. The van der Waals surface area contributed by atoms with Crippen LogP contribution in [0.3, 0.4) is 0 Å². The lowest BCUT2D eigenvalue weighted by Crippen LogP contribution is -2.25. The van der Waals surface area contributed by atoms with Gasteiger partial charge in [-0.05, 0) is 6.92 Å². The third kappa shape index (κ3) is 3.79. The Balaban J connectivity index is 2.98. The molecule has 0 spiro atoms. The fraction of sp³-hybridized carbons (Fsp3) is 0.750. The lowest BCUT2D eigenvalue weighted by molar-refractivity contribution is 0.533. The number of rotatable bonds is 3. The molecule has 0 saturated heterocycles. The minimum atomic E-state index is 0.192. The molecule has 1 atom stereocenters. The van der Waals surface area contributed by atoms with Crippen LogP contribution in [0.25, 0.3) is 0 Å². The SMILES string of the molecule is CC(CBr)N[C]=O. The third-order valence-electron chi connectivity index (χ3n) is 0.537. The second kappa shape index (κ2) is 4.12. The van der Waals surface area contributed by atoms with Gasteiger partial charge < -0.3 is 5.32 Å². The van der Waals surface area contributed by atoms with Crippen LogP contribution in [0.15, 0.2) is 0 Å². The summed E-state index contributed by atoms with van der Waals surface area (Å²) in [7, 11) is 0. The van der Waals surface area contributed by atoms with Crippen molar-refractivity contribution < 1.29 is 4.79 Å². The van der Waals surface area contributed by atoms with Gasteiger partial charge in [0.05, 0.1) is 0 Å². The van der Waals surface area contributed by atoms with Crippen LogP contribution in [0, 0.1) is 0 Å². The Bertz CT molecular complexity index is 57.7. The van der Waals surface area contributed by atoms with Gasteiger partial charge in [0.2, 0.25) is 0 Å². The van der Waals surface area contributed by atoms with E-state index in [4.69, 9.17) is 0 Å². The van der Waals surface area contributed by atoms with Gasteiger partial charge in [-0.25, -0.2) is 0 Å². The maximum Gasteiger partial charge on any atom is 0.309 e. The molecule has 3 heteroatoms. The minimum absolute atomic E-state index is 0.192. The molecule has 0 aliphatic carbocycles. The second-order valence-electron chi connectivity index (χ2n) is 1.30. The van der Waals surface area contributed by atoms with Crippen molar-refractivity contribution in [2.75, 3.05) is 5.33 Å². The molecule has 0 rings (SSSR count). The van der Waals surface area contributed by atoms with Gasteiger partial charge >= 0.3 is 6.41 Å². The Morgan fingerprint density at radius 3 is 2.71 bits per heavy atom. The highest BCUT2D eigenvalue weighted by Gasteiger charge is 1.92. The van der Waals surface area contributed by atoms with Crippen molar-refractivity contribution in [2.24, 2.45) is 0 Å². The Morgan fingerprint density at radius 1 is 2.00 bits per heavy atom. The van der Waals surface area contributed by atoms with Crippen LogP contribution in [0.4, 0.5) is 0 Å². The number of nitrogens with one attached hydrogen (secondary N) is 1. The Kier molecular flexibility index (Phi) is 4.09. The Labute approximate surface area is 51.4 Å². The molecule has 0 aromatic carbocycles. The molecule has 0 fully saturated rings. The molecule has 0 heterocycles. The molecule has 0 aliphatic rings. The highest BCUT2D eigenvalue weighted by Crippen LogP contribution is 1.84. The lowest BCUT2D eigenvalue weighted by atomic mass is 10.4. The predicted octanol–water partition coefficient (Wildman–Crippen LogP) is 0.427. The van der Waals surface area contributed by atoms with Crippen LogP contribution < -0.4 is 5.32 Å². The van der Waals surface area contributed by atoms with E-state index < -0.39 is 0 Å². The Hall–Kier alpha value is -0.0500. The molecule has 0 aliphatic heterocycles. The zero-order chi connectivity index (χ0) is 5.70. The van der Waals surface area contributed by atoms with E-state index in [-0.39, 0.29) is 6.04 Å². The summed E-state index contributed by atoms with van der Waals surface area (Å²) in [4.78, 5) is 9.52. The summed E-state index contributed by atoms with van der Waals surface area (Å²) in [5, 5.41) is 3.22. The number of alkyl halides is 1. The highest BCUT2D eigenvalue weighted by atomic mass is 79.9. The van der Waals surface area contributed by atoms with Crippen LogP contribution in [0.2, 0.25) is 0 Å². The van der Waals surface area contributed by atoms with Gasteiger partial charge in [0.25, 0.3) is 0 Å². The first-order valence-electron chi connectivity index (χ1n) is 2.00. The van der Waals surface area contributed by atoms with Gasteiger partial charge in [0, 0.05) is 11.4 Å². The maximum absolute atomic E-state index is 9.52. The fourth-order valence-electron chi connectivity index (χ4n) is 0.139. The van der Waals surface area contributed by atoms with Gasteiger partial charge in [0.15, 0.2) is 0 Å². The van der Waals surface area contributed by atoms with E-state index in [1.54, 1.807) is 6.41 Å². The van der Waals surface area contributed by atoms with Gasteiger partial charge in [-0.2, -0.15) is 0 Å². The van der Waals surface area contributed by atoms with Crippen molar-refractivity contribution >= 4 is 22.3 Å².